The SMILES string of the molecule is C[C@H](NC(=O)Cc1n[nH]c(Cc2ccc(Cl)cc2)n1)c1ccc(F)cc1. The second-order valence-corrected chi connectivity index (χ2v) is 6.46. The van der Waals surface area contributed by atoms with Crippen LogP contribution in [-0.4, -0.2) is 21.1 Å². The van der Waals surface area contributed by atoms with Crippen LogP contribution in [0.25, 0.3) is 0 Å². The van der Waals surface area contributed by atoms with Gasteiger partial charge in [0.25, 0.3) is 0 Å². The van der Waals surface area contributed by atoms with Gasteiger partial charge in [0.2, 0.25) is 5.91 Å². The molecule has 0 unspecified atom stereocenters. The van der Waals surface area contributed by atoms with E-state index in [1.807, 2.05) is 31.2 Å². The molecule has 2 N–H and O–H groups in total. The Morgan fingerprint density at radius 3 is 2.58 bits per heavy atom. The summed E-state index contributed by atoms with van der Waals surface area (Å²) in [6.45, 7) is 1.84. The fourth-order valence-corrected chi connectivity index (χ4v) is 2.69. The number of hydrogen-bond acceptors (Lipinski definition) is 3. The van der Waals surface area contributed by atoms with E-state index in [1.165, 1.54) is 12.1 Å². The number of nitrogens with one attached hydrogen (secondary N) is 2. The van der Waals surface area contributed by atoms with Gasteiger partial charge in [-0.15, -0.1) is 0 Å². The lowest BCUT2D eigenvalue weighted by Gasteiger charge is -2.13. The Kier molecular flexibility index (Phi) is 5.63. The number of benzene rings is 2. The van der Waals surface area contributed by atoms with Crippen LogP contribution in [0.4, 0.5) is 4.39 Å². The zero-order chi connectivity index (χ0) is 18.5. The van der Waals surface area contributed by atoms with Crippen LogP contribution in [0, 0.1) is 5.82 Å². The van der Waals surface area contributed by atoms with Crippen molar-refractivity contribution in [2.24, 2.45) is 0 Å². The number of carbonyl (C=O) groups excluding carboxylic acids is 1. The fraction of sp³-hybridized carbons (Fsp3) is 0.211. The summed E-state index contributed by atoms with van der Waals surface area (Å²) in [7, 11) is 0. The number of halogens is 2. The van der Waals surface area contributed by atoms with Crippen molar-refractivity contribution < 1.29 is 9.18 Å². The number of nitrogens with zero attached hydrogens (tertiary/aromatic N) is 2. The molecule has 0 saturated heterocycles. The van der Waals surface area contributed by atoms with Gasteiger partial charge in [-0.25, -0.2) is 9.37 Å². The lowest BCUT2D eigenvalue weighted by molar-refractivity contribution is -0.121. The maximum Gasteiger partial charge on any atom is 0.228 e. The second kappa shape index (κ2) is 8.10. The second-order valence-electron chi connectivity index (χ2n) is 6.02. The Morgan fingerprint density at radius 1 is 1.19 bits per heavy atom. The van der Waals surface area contributed by atoms with E-state index in [0.717, 1.165) is 11.1 Å². The van der Waals surface area contributed by atoms with Crippen LogP contribution in [-0.2, 0) is 17.6 Å². The predicted octanol–water partition coefficient (Wildman–Crippen LogP) is 3.61. The molecule has 1 aromatic heterocycles. The molecule has 0 spiro atoms. The third-order valence-electron chi connectivity index (χ3n) is 3.93. The van der Waals surface area contributed by atoms with E-state index in [1.54, 1.807) is 12.1 Å². The number of hydrogen-bond donors (Lipinski definition) is 2. The van der Waals surface area contributed by atoms with Crippen LogP contribution in [0.15, 0.2) is 48.5 Å². The predicted molar refractivity (Wildman–Crippen MR) is 97.3 cm³/mol. The molecule has 134 valence electrons. The van der Waals surface area contributed by atoms with E-state index >= 15 is 0 Å². The summed E-state index contributed by atoms with van der Waals surface area (Å²) in [6.07, 6.45) is 0.653. The van der Waals surface area contributed by atoms with Crippen LogP contribution < -0.4 is 5.32 Å². The molecule has 3 aromatic rings. The van der Waals surface area contributed by atoms with Gasteiger partial charge >= 0.3 is 0 Å². The van der Waals surface area contributed by atoms with E-state index in [2.05, 4.69) is 20.5 Å². The van der Waals surface area contributed by atoms with Crippen molar-refractivity contribution in [1.82, 2.24) is 20.5 Å². The summed E-state index contributed by atoms with van der Waals surface area (Å²) in [6, 6.07) is 13.3. The van der Waals surface area contributed by atoms with Crippen molar-refractivity contribution in [3.8, 4) is 0 Å². The van der Waals surface area contributed by atoms with Crippen molar-refractivity contribution in [1.29, 1.82) is 0 Å². The van der Waals surface area contributed by atoms with Crippen LogP contribution >= 0.6 is 11.6 Å². The van der Waals surface area contributed by atoms with E-state index < -0.39 is 0 Å². The molecule has 1 atom stereocenters. The summed E-state index contributed by atoms with van der Waals surface area (Å²) in [5, 5.41) is 10.5. The molecule has 26 heavy (non-hydrogen) atoms. The molecule has 7 heteroatoms. The smallest absolute Gasteiger partial charge is 0.228 e. The van der Waals surface area contributed by atoms with Gasteiger partial charge < -0.3 is 5.32 Å². The van der Waals surface area contributed by atoms with E-state index in [-0.39, 0.29) is 24.2 Å². The molecule has 1 amide bonds. The first-order valence-corrected chi connectivity index (χ1v) is 8.57. The van der Waals surface area contributed by atoms with Gasteiger partial charge in [-0.3, -0.25) is 9.89 Å². The number of rotatable bonds is 6. The van der Waals surface area contributed by atoms with Crippen LogP contribution in [0.1, 0.15) is 35.7 Å². The van der Waals surface area contributed by atoms with Gasteiger partial charge in [-0.05, 0) is 42.3 Å². The average Bonchev–Trinajstić information content (AvgIpc) is 3.04. The summed E-state index contributed by atoms with van der Waals surface area (Å²) in [4.78, 5) is 16.5. The van der Waals surface area contributed by atoms with Crippen molar-refractivity contribution in [3.63, 3.8) is 0 Å². The largest absolute Gasteiger partial charge is 0.349 e. The highest BCUT2D eigenvalue weighted by atomic mass is 35.5. The number of aromatic amines is 1. The highest BCUT2D eigenvalue weighted by molar-refractivity contribution is 6.30. The zero-order valence-electron chi connectivity index (χ0n) is 14.2. The molecule has 0 aliphatic carbocycles. The van der Waals surface area contributed by atoms with Gasteiger partial charge in [0.05, 0.1) is 12.5 Å². The van der Waals surface area contributed by atoms with E-state index in [0.29, 0.717) is 23.1 Å². The third-order valence-corrected chi connectivity index (χ3v) is 4.18. The first kappa shape index (κ1) is 18.1. The molecule has 0 aliphatic rings. The normalized spacial score (nSPS) is 12.0. The molecule has 0 radical (unpaired) electrons. The first-order chi connectivity index (χ1) is 12.5. The number of H-pyrrole nitrogens is 1. The minimum Gasteiger partial charge on any atom is -0.349 e. The summed E-state index contributed by atoms with van der Waals surface area (Å²) >= 11 is 5.87. The number of aromatic nitrogens is 3. The van der Waals surface area contributed by atoms with Gasteiger partial charge in [0.1, 0.15) is 11.6 Å². The van der Waals surface area contributed by atoms with Crippen molar-refractivity contribution in [2.75, 3.05) is 0 Å². The molecule has 1 heterocycles. The third kappa shape index (κ3) is 4.89. The van der Waals surface area contributed by atoms with Crippen LogP contribution in [0.5, 0.6) is 0 Å². The molecular weight excluding hydrogens is 355 g/mol. The topological polar surface area (TPSA) is 70.7 Å². The molecule has 5 nitrogen and oxygen atoms in total. The highest BCUT2D eigenvalue weighted by Crippen LogP contribution is 2.14. The Morgan fingerprint density at radius 2 is 1.88 bits per heavy atom. The Balaban J connectivity index is 1.55. The van der Waals surface area contributed by atoms with E-state index in [4.69, 9.17) is 11.6 Å². The molecule has 0 fully saturated rings. The van der Waals surface area contributed by atoms with Crippen molar-refractivity contribution in [3.05, 3.63) is 82.1 Å². The van der Waals surface area contributed by atoms with Gasteiger partial charge in [0.15, 0.2) is 5.82 Å². The lowest BCUT2D eigenvalue weighted by atomic mass is 10.1. The Hall–Kier alpha value is -2.73. The minimum absolute atomic E-state index is 0.0721. The van der Waals surface area contributed by atoms with E-state index in [9.17, 15) is 9.18 Å². The van der Waals surface area contributed by atoms with Crippen LogP contribution in [0.2, 0.25) is 5.02 Å². The first-order valence-electron chi connectivity index (χ1n) is 8.19. The van der Waals surface area contributed by atoms with Crippen LogP contribution in [0.3, 0.4) is 0 Å². The number of amides is 1. The average molecular weight is 373 g/mol. The quantitative estimate of drug-likeness (QED) is 0.694. The van der Waals surface area contributed by atoms with Gasteiger partial charge in [0, 0.05) is 11.4 Å². The summed E-state index contributed by atoms with van der Waals surface area (Å²) in [5.41, 5.74) is 1.88. The molecule has 3 rings (SSSR count). The molecular formula is C19H18ClFN4O. The van der Waals surface area contributed by atoms with Crippen molar-refractivity contribution in [2.45, 2.75) is 25.8 Å². The lowest BCUT2D eigenvalue weighted by Crippen LogP contribution is -2.28. The maximum atomic E-state index is 13.0. The monoisotopic (exact) mass is 372 g/mol. The molecule has 2 aromatic carbocycles. The maximum absolute atomic E-state index is 13.0. The fourth-order valence-electron chi connectivity index (χ4n) is 2.56. The summed E-state index contributed by atoms with van der Waals surface area (Å²) in [5.74, 6) is 0.611. The Bertz CT molecular complexity index is 877. The Labute approximate surface area is 155 Å². The number of carbonyl (C=O) groups is 1. The summed E-state index contributed by atoms with van der Waals surface area (Å²) < 4.78 is 13.0. The zero-order valence-corrected chi connectivity index (χ0v) is 14.9. The molecule has 0 saturated carbocycles. The minimum atomic E-state index is -0.304. The van der Waals surface area contributed by atoms with Gasteiger partial charge in [-0.1, -0.05) is 35.9 Å². The highest BCUT2D eigenvalue weighted by Gasteiger charge is 2.13. The molecule has 0 bridgehead atoms. The van der Waals surface area contributed by atoms with Gasteiger partial charge in [-0.2, -0.15) is 5.10 Å². The van der Waals surface area contributed by atoms with Crippen molar-refractivity contribution >= 4 is 17.5 Å². The standard InChI is InChI=1S/C19H18ClFN4O/c1-12(14-4-8-16(21)9-5-14)22-19(26)11-18-23-17(24-25-18)10-13-2-6-15(20)7-3-13/h2-9,12H,10-11H2,1H3,(H,22,26)(H,23,24,25)/t12-/m0/s1. The molecule has 0 aliphatic heterocycles.